The number of aromatic nitrogens is 4. The third-order valence-electron chi connectivity index (χ3n) is 3.87. The maximum atomic E-state index is 12.0. The molecule has 0 aliphatic carbocycles. The molecule has 0 aliphatic rings. The summed E-state index contributed by atoms with van der Waals surface area (Å²) in [6, 6.07) is 4.06. The van der Waals surface area contributed by atoms with Crippen molar-refractivity contribution in [3.63, 3.8) is 0 Å². The van der Waals surface area contributed by atoms with Crippen LogP contribution >= 0.6 is 23.2 Å². The molecule has 3 rings (SSSR count). The second-order valence-corrected chi connectivity index (χ2v) is 7.04. The fourth-order valence-electron chi connectivity index (χ4n) is 2.75. The number of nitrogens with zero attached hydrogens (tertiary/aromatic N) is 6. The Bertz CT molecular complexity index is 1040. The Labute approximate surface area is 165 Å². The first-order chi connectivity index (χ1) is 12.7. The van der Waals surface area contributed by atoms with E-state index in [1.807, 2.05) is 20.0 Å². The molecule has 0 saturated heterocycles. The number of carbonyl (C=O) groups excluding carboxylic acids is 1. The average molecular weight is 406 g/mol. The Morgan fingerprint density at radius 1 is 1.19 bits per heavy atom. The SMILES string of the molecule is Cc1nn(C)c2nc(N=NC(=O)Nc3cc(Cl)nc(Cl)c3)cc(C(C)C)c12. The molecule has 10 heteroatoms. The third kappa shape index (κ3) is 4.23. The molecule has 0 unspecified atom stereocenters. The van der Waals surface area contributed by atoms with E-state index in [0.29, 0.717) is 17.2 Å². The molecule has 0 spiro atoms. The van der Waals surface area contributed by atoms with E-state index in [4.69, 9.17) is 23.2 Å². The van der Waals surface area contributed by atoms with Gasteiger partial charge in [-0.05, 0) is 36.6 Å². The van der Waals surface area contributed by atoms with Crippen molar-refractivity contribution >= 4 is 51.8 Å². The van der Waals surface area contributed by atoms with Gasteiger partial charge in [0, 0.05) is 18.1 Å². The van der Waals surface area contributed by atoms with E-state index in [2.05, 4.69) is 44.5 Å². The van der Waals surface area contributed by atoms with Crippen molar-refractivity contribution in [1.29, 1.82) is 0 Å². The number of fused-ring (bicyclic) bond motifs is 1. The number of aryl methyl sites for hydroxylation is 2. The van der Waals surface area contributed by atoms with Gasteiger partial charge in [-0.3, -0.25) is 4.68 Å². The first-order valence-electron chi connectivity index (χ1n) is 8.14. The van der Waals surface area contributed by atoms with Crippen LogP contribution in [0.3, 0.4) is 0 Å². The van der Waals surface area contributed by atoms with Crippen molar-refractivity contribution in [1.82, 2.24) is 19.7 Å². The number of pyridine rings is 2. The molecule has 3 aromatic rings. The molecule has 0 saturated carbocycles. The summed E-state index contributed by atoms with van der Waals surface area (Å²) < 4.78 is 1.69. The van der Waals surface area contributed by atoms with Crippen LogP contribution in [0.1, 0.15) is 31.0 Å². The van der Waals surface area contributed by atoms with Crippen molar-refractivity contribution in [2.45, 2.75) is 26.7 Å². The van der Waals surface area contributed by atoms with E-state index in [1.165, 1.54) is 12.1 Å². The van der Waals surface area contributed by atoms with Crippen LogP contribution in [-0.2, 0) is 7.05 Å². The van der Waals surface area contributed by atoms with E-state index in [1.54, 1.807) is 4.68 Å². The molecule has 0 bridgehead atoms. The highest BCUT2D eigenvalue weighted by Crippen LogP contribution is 2.30. The van der Waals surface area contributed by atoms with Crippen LogP contribution in [0.5, 0.6) is 0 Å². The van der Waals surface area contributed by atoms with E-state index < -0.39 is 6.03 Å². The molecule has 0 aromatic carbocycles. The number of hydrogen-bond acceptors (Lipinski definition) is 5. The lowest BCUT2D eigenvalue weighted by Crippen LogP contribution is -2.05. The van der Waals surface area contributed by atoms with Gasteiger partial charge >= 0.3 is 6.03 Å². The Morgan fingerprint density at radius 3 is 2.48 bits per heavy atom. The predicted molar refractivity (Wildman–Crippen MR) is 105 cm³/mol. The fourth-order valence-corrected chi connectivity index (χ4v) is 3.21. The Morgan fingerprint density at radius 2 is 1.85 bits per heavy atom. The summed E-state index contributed by atoms with van der Waals surface area (Å²) in [7, 11) is 1.82. The second kappa shape index (κ2) is 7.58. The van der Waals surface area contributed by atoms with Crippen LogP contribution in [0.25, 0.3) is 11.0 Å². The first kappa shape index (κ1) is 19.2. The second-order valence-electron chi connectivity index (χ2n) is 6.26. The average Bonchev–Trinajstić information content (AvgIpc) is 2.85. The van der Waals surface area contributed by atoms with Crippen molar-refractivity contribution < 1.29 is 4.79 Å². The van der Waals surface area contributed by atoms with Gasteiger partial charge in [0.15, 0.2) is 11.5 Å². The standard InChI is InChI=1S/C17H17Cl2N7O/c1-8(2)11-7-14(22-16-15(11)9(3)25-26(16)4)23-24-17(27)20-10-5-12(18)21-13(19)6-10/h5-8H,1-4H3,(H,20,21,27). The van der Waals surface area contributed by atoms with Crippen LogP contribution in [0.4, 0.5) is 16.3 Å². The van der Waals surface area contributed by atoms with Gasteiger partial charge in [0.05, 0.1) is 5.69 Å². The van der Waals surface area contributed by atoms with Crippen LogP contribution in [0.2, 0.25) is 10.3 Å². The highest BCUT2D eigenvalue weighted by molar-refractivity contribution is 6.32. The summed E-state index contributed by atoms with van der Waals surface area (Å²) in [5, 5.41) is 15.9. The number of anilines is 1. The Kier molecular flexibility index (Phi) is 5.38. The molecular weight excluding hydrogens is 389 g/mol. The number of nitrogens with one attached hydrogen (secondary N) is 1. The highest BCUT2D eigenvalue weighted by atomic mass is 35.5. The minimum absolute atomic E-state index is 0.162. The number of azo groups is 1. The molecule has 3 aromatic heterocycles. The number of hydrogen-bond donors (Lipinski definition) is 1. The lowest BCUT2D eigenvalue weighted by Gasteiger charge is -2.08. The molecule has 140 valence electrons. The minimum Gasteiger partial charge on any atom is -0.305 e. The lowest BCUT2D eigenvalue weighted by molar-refractivity contribution is 0.258. The van der Waals surface area contributed by atoms with Crippen molar-refractivity contribution in [3.05, 3.63) is 39.8 Å². The minimum atomic E-state index is -0.678. The van der Waals surface area contributed by atoms with Crippen molar-refractivity contribution in [2.75, 3.05) is 5.32 Å². The predicted octanol–water partition coefficient (Wildman–Crippen LogP) is 5.42. The fraction of sp³-hybridized carbons (Fsp3) is 0.294. The largest absolute Gasteiger partial charge is 0.364 e. The van der Waals surface area contributed by atoms with Gasteiger partial charge in [0.1, 0.15) is 10.3 Å². The molecule has 8 nitrogen and oxygen atoms in total. The van der Waals surface area contributed by atoms with Crippen LogP contribution < -0.4 is 5.32 Å². The molecule has 0 radical (unpaired) electrons. The molecule has 3 heterocycles. The smallest absolute Gasteiger partial charge is 0.305 e. The molecule has 27 heavy (non-hydrogen) atoms. The van der Waals surface area contributed by atoms with E-state index in [-0.39, 0.29) is 16.2 Å². The maximum Gasteiger partial charge on any atom is 0.364 e. The molecule has 1 N–H and O–H groups in total. The van der Waals surface area contributed by atoms with Gasteiger partial charge in [-0.15, -0.1) is 5.11 Å². The number of amides is 2. The third-order valence-corrected chi connectivity index (χ3v) is 4.25. The van der Waals surface area contributed by atoms with Crippen molar-refractivity contribution in [3.8, 4) is 0 Å². The highest BCUT2D eigenvalue weighted by Gasteiger charge is 2.15. The van der Waals surface area contributed by atoms with Gasteiger partial charge in [-0.1, -0.05) is 42.2 Å². The zero-order chi connectivity index (χ0) is 19.7. The number of carbonyl (C=O) groups is 1. The van der Waals surface area contributed by atoms with Gasteiger partial charge in [-0.2, -0.15) is 5.10 Å². The summed E-state index contributed by atoms with van der Waals surface area (Å²) in [4.78, 5) is 20.3. The van der Waals surface area contributed by atoms with E-state index in [9.17, 15) is 4.79 Å². The number of urea groups is 1. The number of halogens is 2. The van der Waals surface area contributed by atoms with Crippen LogP contribution in [0, 0.1) is 6.92 Å². The zero-order valence-corrected chi connectivity index (χ0v) is 16.7. The van der Waals surface area contributed by atoms with Crippen LogP contribution in [-0.4, -0.2) is 25.8 Å². The molecular formula is C17H17Cl2N7O. The molecule has 0 fully saturated rings. The van der Waals surface area contributed by atoms with Gasteiger partial charge in [0.2, 0.25) is 0 Å². The Balaban J connectivity index is 1.89. The maximum absolute atomic E-state index is 12.0. The number of rotatable bonds is 3. The normalized spacial score (nSPS) is 11.7. The summed E-state index contributed by atoms with van der Waals surface area (Å²) in [5.74, 6) is 0.567. The van der Waals surface area contributed by atoms with E-state index in [0.717, 1.165) is 16.6 Å². The monoisotopic (exact) mass is 405 g/mol. The van der Waals surface area contributed by atoms with Gasteiger partial charge in [-0.25, -0.2) is 14.8 Å². The first-order valence-corrected chi connectivity index (χ1v) is 8.90. The molecule has 0 aliphatic heterocycles. The molecule has 0 atom stereocenters. The lowest BCUT2D eigenvalue weighted by atomic mass is 10.00. The van der Waals surface area contributed by atoms with Crippen molar-refractivity contribution in [2.24, 2.45) is 17.3 Å². The van der Waals surface area contributed by atoms with E-state index >= 15 is 0 Å². The summed E-state index contributed by atoms with van der Waals surface area (Å²) in [6.07, 6.45) is 0. The quantitative estimate of drug-likeness (QED) is 0.464. The van der Waals surface area contributed by atoms with Gasteiger partial charge in [0.25, 0.3) is 0 Å². The topological polar surface area (TPSA) is 97.4 Å². The summed E-state index contributed by atoms with van der Waals surface area (Å²) in [6.45, 7) is 6.09. The summed E-state index contributed by atoms with van der Waals surface area (Å²) >= 11 is 11.6. The molecule has 2 amide bonds. The zero-order valence-electron chi connectivity index (χ0n) is 15.2. The van der Waals surface area contributed by atoms with Gasteiger partial charge < -0.3 is 5.32 Å². The Hall–Kier alpha value is -2.58. The van der Waals surface area contributed by atoms with Crippen LogP contribution in [0.15, 0.2) is 28.4 Å². The summed E-state index contributed by atoms with van der Waals surface area (Å²) in [5.41, 5.74) is 3.02.